The van der Waals surface area contributed by atoms with E-state index in [1.165, 1.54) is 12.8 Å². The van der Waals surface area contributed by atoms with Gasteiger partial charge in [0, 0.05) is 32.7 Å². The Balaban J connectivity index is 0.00000300. The molecule has 3 rings (SSSR count). The van der Waals surface area contributed by atoms with Crippen molar-refractivity contribution >= 4 is 29.9 Å². The van der Waals surface area contributed by atoms with Crippen LogP contribution < -0.4 is 10.1 Å². The van der Waals surface area contributed by atoms with E-state index in [2.05, 4.69) is 32.2 Å². The fourth-order valence-corrected chi connectivity index (χ4v) is 3.83. The van der Waals surface area contributed by atoms with Gasteiger partial charge in [0.05, 0.1) is 13.2 Å². The van der Waals surface area contributed by atoms with E-state index in [0.717, 1.165) is 55.0 Å². The molecule has 29 heavy (non-hydrogen) atoms. The van der Waals surface area contributed by atoms with Gasteiger partial charge in [-0.2, -0.15) is 0 Å². The number of hydrogen-bond donors (Lipinski definition) is 1. The van der Waals surface area contributed by atoms with E-state index in [-0.39, 0.29) is 30.0 Å². The Morgan fingerprint density at radius 1 is 1.24 bits per heavy atom. The van der Waals surface area contributed by atoms with Crippen LogP contribution in [0.4, 0.5) is 0 Å². The highest BCUT2D eigenvalue weighted by Gasteiger charge is 2.26. The van der Waals surface area contributed by atoms with Gasteiger partial charge in [0.2, 0.25) is 0 Å². The largest absolute Gasteiger partial charge is 0.496 e. The van der Waals surface area contributed by atoms with Gasteiger partial charge in [-0.15, -0.1) is 24.0 Å². The van der Waals surface area contributed by atoms with Crippen LogP contribution in [-0.2, 0) is 6.54 Å². The summed E-state index contributed by atoms with van der Waals surface area (Å²) in [5.41, 5.74) is 1.13. The molecule has 0 amide bonds. The number of para-hydroxylation sites is 1. The third-order valence-corrected chi connectivity index (χ3v) is 5.30. The third kappa shape index (κ3) is 6.12. The number of guanidine groups is 1. The maximum Gasteiger partial charge on any atom is 0.193 e. The van der Waals surface area contributed by atoms with Gasteiger partial charge in [-0.3, -0.25) is 9.89 Å². The number of hydrogen-bond acceptors (Lipinski definition) is 4. The van der Waals surface area contributed by atoms with Crippen LogP contribution in [0, 0.1) is 6.92 Å². The second-order valence-electron chi connectivity index (χ2n) is 7.30. The molecular formula is C22H33IN4O2. The first-order chi connectivity index (χ1) is 13.6. The van der Waals surface area contributed by atoms with Crippen molar-refractivity contribution in [2.24, 2.45) is 4.99 Å². The van der Waals surface area contributed by atoms with Crippen molar-refractivity contribution in [3.8, 4) is 5.75 Å². The van der Waals surface area contributed by atoms with Crippen molar-refractivity contribution in [1.29, 1.82) is 0 Å². The Morgan fingerprint density at radius 3 is 2.59 bits per heavy atom. The fourth-order valence-electron chi connectivity index (χ4n) is 3.83. The predicted molar refractivity (Wildman–Crippen MR) is 128 cm³/mol. The van der Waals surface area contributed by atoms with E-state index in [1.807, 2.05) is 45.3 Å². The Bertz CT molecular complexity index is 787. The Morgan fingerprint density at radius 2 is 1.97 bits per heavy atom. The number of benzene rings is 1. The molecule has 0 aliphatic carbocycles. The summed E-state index contributed by atoms with van der Waals surface area (Å²) in [6, 6.07) is 12.4. The molecule has 1 atom stereocenters. The molecule has 1 saturated heterocycles. The number of aliphatic imine (C=N–C) groups is 1. The van der Waals surface area contributed by atoms with Crippen molar-refractivity contribution in [2.75, 3.05) is 40.8 Å². The molecule has 1 aliphatic heterocycles. The van der Waals surface area contributed by atoms with Crippen LogP contribution in [0.1, 0.15) is 36.0 Å². The summed E-state index contributed by atoms with van der Waals surface area (Å²) in [5.74, 6) is 3.73. The van der Waals surface area contributed by atoms with Gasteiger partial charge in [0.1, 0.15) is 17.3 Å². The van der Waals surface area contributed by atoms with Crippen LogP contribution in [0.15, 0.2) is 45.8 Å². The minimum atomic E-state index is 0. The number of aryl methyl sites for hydroxylation is 1. The van der Waals surface area contributed by atoms with Gasteiger partial charge >= 0.3 is 0 Å². The normalized spacial score (nSPS) is 15.7. The van der Waals surface area contributed by atoms with Gasteiger partial charge < -0.3 is 19.4 Å². The van der Waals surface area contributed by atoms with Crippen LogP contribution in [0.3, 0.4) is 0 Å². The summed E-state index contributed by atoms with van der Waals surface area (Å²) in [6.45, 7) is 5.70. The SMILES string of the molecule is CN=C(NCC(c1ccc(C)o1)N1CCCC1)N(C)Cc1ccccc1OC.I. The smallest absolute Gasteiger partial charge is 0.193 e. The van der Waals surface area contributed by atoms with Gasteiger partial charge in [-0.1, -0.05) is 18.2 Å². The lowest BCUT2D eigenvalue weighted by Gasteiger charge is -2.29. The Hall–Kier alpha value is -1.74. The molecule has 0 saturated carbocycles. The lowest BCUT2D eigenvalue weighted by molar-refractivity contribution is 0.212. The number of rotatable bonds is 7. The van der Waals surface area contributed by atoms with Crippen molar-refractivity contribution in [3.05, 3.63) is 53.5 Å². The molecule has 1 fully saturated rings. The van der Waals surface area contributed by atoms with Gasteiger partial charge in [0.25, 0.3) is 0 Å². The van der Waals surface area contributed by atoms with Crippen LogP contribution in [0.25, 0.3) is 0 Å². The minimum absolute atomic E-state index is 0. The average Bonchev–Trinajstić information content (AvgIpc) is 3.38. The van der Waals surface area contributed by atoms with Crippen LogP contribution in [0.2, 0.25) is 0 Å². The van der Waals surface area contributed by atoms with Crippen molar-refractivity contribution in [2.45, 2.75) is 32.4 Å². The lowest BCUT2D eigenvalue weighted by atomic mass is 10.2. The molecule has 6 nitrogen and oxygen atoms in total. The lowest BCUT2D eigenvalue weighted by Crippen LogP contribution is -2.43. The molecule has 1 aromatic heterocycles. The van der Waals surface area contributed by atoms with Gasteiger partial charge in [-0.05, 0) is 51.1 Å². The summed E-state index contributed by atoms with van der Waals surface area (Å²) in [7, 11) is 5.57. The number of ether oxygens (including phenoxy) is 1. The van der Waals surface area contributed by atoms with Crippen LogP contribution in [0.5, 0.6) is 5.75 Å². The van der Waals surface area contributed by atoms with Crippen molar-refractivity contribution in [3.63, 3.8) is 0 Å². The Labute approximate surface area is 191 Å². The van der Waals surface area contributed by atoms with Gasteiger partial charge in [0.15, 0.2) is 5.96 Å². The molecule has 0 spiro atoms. The fraction of sp³-hybridized carbons (Fsp3) is 0.500. The molecule has 7 heteroatoms. The quantitative estimate of drug-likeness (QED) is 0.345. The second kappa shape index (κ2) is 11.4. The summed E-state index contributed by atoms with van der Waals surface area (Å²) in [6.07, 6.45) is 2.50. The van der Waals surface area contributed by atoms with E-state index in [9.17, 15) is 0 Å². The van der Waals surface area contributed by atoms with Crippen LogP contribution in [-0.4, -0.2) is 56.6 Å². The molecular weight excluding hydrogens is 479 g/mol. The third-order valence-electron chi connectivity index (χ3n) is 5.30. The number of halogens is 1. The molecule has 0 radical (unpaired) electrons. The summed E-state index contributed by atoms with van der Waals surface area (Å²) >= 11 is 0. The van der Waals surface area contributed by atoms with E-state index < -0.39 is 0 Å². The predicted octanol–water partition coefficient (Wildman–Crippen LogP) is 4.06. The highest BCUT2D eigenvalue weighted by atomic mass is 127. The monoisotopic (exact) mass is 512 g/mol. The molecule has 1 unspecified atom stereocenters. The van der Waals surface area contributed by atoms with Crippen molar-refractivity contribution < 1.29 is 9.15 Å². The summed E-state index contributed by atoms with van der Waals surface area (Å²) in [4.78, 5) is 9.09. The topological polar surface area (TPSA) is 53.2 Å². The highest BCUT2D eigenvalue weighted by Crippen LogP contribution is 2.26. The highest BCUT2D eigenvalue weighted by molar-refractivity contribution is 14.0. The number of nitrogens with zero attached hydrogens (tertiary/aromatic N) is 3. The average molecular weight is 512 g/mol. The number of nitrogens with one attached hydrogen (secondary N) is 1. The number of furan rings is 1. The molecule has 0 bridgehead atoms. The second-order valence-corrected chi connectivity index (χ2v) is 7.30. The maximum atomic E-state index is 5.96. The first-order valence-corrected chi connectivity index (χ1v) is 9.96. The first-order valence-electron chi connectivity index (χ1n) is 9.96. The van der Waals surface area contributed by atoms with E-state index in [4.69, 9.17) is 9.15 Å². The number of methoxy groups -OCH3 is 1. The molecule has 1 aromatic carbocycles. The van der Waals surface area contributed by atoms with Gasteiger partial charge in [-0.25, -0.2) is 0 Å². The zero-order chi connectivity index (χ0) is 19.9. The van der Waals surface area contributed by atoms with Crippen molar-refractivity contribution in [1.82, 2.24) is 15.1 Å². The van der Waals surface area contributed by atoms with E-state index >= 15 is 0 Å². The first kappa shape index (κ1) is 23.5. The Kier molecular flexibility index (Phi) is 9.29. The molecule has 2 heterocycles. The minimum Gasteiger partial charge on any atom is -0.496 e. The summed E-state index contributed by atoms with van der Waals surface area (Å²) < 4.78 is 11.4. The molecule has 2 aromatic rings. The van der Waals surface area contributed by atoms with E-state index in [0.29, 0.717) is 0 Å². The molecule has 1 aliphatic rings. The summed E-state index contributed by atoms with van der Waals surface area (Å²) in [5, 5.41) is 3.55. The standard InChI is InChI=1S/C22H32N4O2.HI/c1-17-11-12-21(28-17)19(26-13-7-8-14-26)15-24-22(23-2)25(3)16-18-9-5-6-10-20(18)27-4;/h5-6,9-12,19H,7-8,13-16H2,1-4H3,(H,23,24);1H. The van der Waals surface area contributed by atoms with E-state index in [1.54, 1.807) is 7.11 Å². The maximum absolute atomic E-state index is 5.96. The zero-order valence-corrected chi connectivity index (χ0v) is 20.2. The zero-order valence-electron chi connectivity index (χ0n) is 17.9. The number of likely N-dealkylation sites (tertiary alicyclic amines) is 1. The molecule has 1 N–H and O–H groups in total. The molecule has 160 valence electrons. The van der Waals surface area contributed by atoms with Crippen LogP contribution >= 0.6 is 24.0 Å².